The lowest BCUT2D eigenvalue weighted by Crippen LogP contribution is -2.50. The molecule has 16 heavy (non-hydrogen) atoms. The maximum absolute atomic E-state index is 11.8. The highest BCUT2D eigenvalue weighted by atomic mass is 16.3. The number of hydrogen-bond donors (Lipinski definition) is 2. The van der Waals surface area contributed by atoms with Crippen molar-refractivity contribution in [3.8, 4) is 0 Å². The van der Waals surface area contributed by atoms with Gasteiger partial charge in [-0.05, 0) is 25.7 Å². The Labute approximate surface area is 97.8 Å². The molecule has 0 aromatic carbocycles. The van der Waals surface area contributed by atoms with Gasteiger partial charge in [0.15, 0.2) is 0 Å². The van der Waals surface area contributed by atoms with E-state index in [-0.39, 0.29) is 17.9 Å². The average Bonchev–Trinajstić information content (AvgIpc) is 2.19. The number of carbonyl (C=O) groups is 1. The fourth-order valence-electron chi connectivity index (χ4n) is 2.35. The predicted octanol–water partition coefficient (Wildman–Crippen LogP) is 0.589. The first kappa shape index (κ1) is 13.5. The molecule has 1 amide bonds. The Morgan fingerprint density at radius 3 is 2.62 bits per heavy atom. The second-order valence-electron chi connectivity index (χ2n) is 5.32. The van der Waals surface area contributed by atoms with E-state index in [9.17, 15) is 9.90 Å². The summed E-state index contributed by atoms with van der Waals surface area (Å²) >= 11 is 0. The highest BCUT2D eigenvalue weighted by molar-refractivity contribution is 5.81. The van der Waals surface area contributed by atoms with Gasteiger partial charge >= 0.3 is 0 Å². The Morgan fingerprint density at radius 2 is 2.12 bits per heavy atom. The van der Waals surface area contributed by atoms with Crippen molar-refractivity contribution >= 4 is 5.91 Å². The summed E-state index contributed by atoms with van der Waals surface area (Å²) in [5.41, 5.74) is 5.59. The summed E-state index contributed by atoms with van der Waals surface area (Å²) in [6.07, 6.45) is 1.37. The van der Waals surface area contributed by atoms with Crippen LogP contribution in [0.3, 0.4) is 0 Å². The van der Waals surface area contributed by atoms with Crippen LogP contribution in [0.5, 0.6) is 0 Å². The molecule has 1 aliphatic rings. The molecule has 0 aliphatic carbocycles. The lowest BCUT2D eigenvalue weighted by atomic mass is 9.87. The first-order valence-corrected chi connectivity index (χ1v) is 6.14. The fraction of sp³-hybridized carbons (Fsp3) is 0.917. The molecular weight excluding hydrogens is 204 g/mol. The van der Waals surface area contributed by atoms with E-state index in [1.807, 2.05) is 0 Å². The van der Waals surface area contributed by atoms with E-state index in [4.69, 9.17) is 5.73 Å². The van der Waals surface area contributed by atoms with Gasteiger partial charge in [-0.2, -0.15) is 0 Å². The molecule has 4 nitrogen and oxygen atoms in total. The fourth-order valence-corrected chi connectivity index (χ4v) is 2.35. The lowest BCUT2D eigenvalue weighted by Gasteiger charge is -2.37. The molecule has 1 fully saturated rings. The van der Waals surface area contributed by atoms with Crippen molar-refractivity contribution in [2.24, 2.45) is 17.6 Å². The van der Waals surface area contributed by atoms with Crippen molar-refractivity contribution in [1.29, 1.82) is 0 Å². The monoisotopic (exact) mass is 228 g/mol. The number of likely N-dealkylation sites (tertiary alicyclic amines) is 1. The number of aliphatic hydroxyl groups is 1. The minimum Gasteiger partial charge on any atom is -0.393 e. The van der Waals surface area contributed by atoms with Gasteiger partial charge in [0, 0.05) is 19.0 Å². The Bertz CT molecular complexity index is 241. The third-order valence-corrected chi connectivity index (χ3v) is 3.17. The highest BCUT2D eigenvalue weighted by Gasteiger charge is 2.31. The number of carbonyl (C=O) groups excluding carboxylic acids is 1. The van der Waals surface area contributed by atoms with Gasteiger partial charge in [0.05, 0.1) is 12.1 Å². The van der Waals surface area contributed by atoms with E-state index in [0.29, 0.717) is 25.4 Å². The molecule has 94 valence electrons. The molecule has 1 heterocycles. The van der Waals surface area contributed by atoms with E-state index in [2.05, 4.69) is 13.8 Å². The second-order valence-corrected chi connectivity index (χ2v) is 5.32. The molecule has 1 saturated heterocycles. The third kappa shape index (κ3) is 3.46. The molecule has 0 bridgehead atoms. The van der Waals surface area contributed by atoms with Crippen LogP contribution in [-0.4, -0.2) is 41.1 Å². The SMILES string of the molecule is CC(C)C[C@@H]1CN(C(=O)[C@H](C)N)CC[C@H]1O. The first-order chi connectivity index (χ1) is 7.41. The van der Waals surface area contributed by atoms with E-state index >= 15 is 0 Å². The van der Waals surface area contributed by atoms with Crippen LogP contribution >= 0.6 is 0 Å². The quantitative estimate of drug-likeness (QED) is 0.743. The third-order valence-electron chi connectivity index (χ3n) is 3.17. The highest BCUT2D eigenvalue weighted by Crippen LogP contribution is 2.24. The van der Waals surface area contributed by atoms with Gasteiger partial charge in [0.1, 0.15) is 0 Å². The minimum atomic E-state index is -0.435. The number of rotatable bonds is 3. The Kier molecular flexibility index (Phi) is 4.74. The largest absolute Gasteiger partial charge is 0.393 e. The standard InChI is InChI=1S/C12H24N2O2/c1-8(2)6-10-7-14(5-4-11(10)15)12(16)9(3)13/h8-11,15H,4-7,13H2,1-3H3/t9-,10+,11+/m0/s1. The van der Waals surface area contributed by atoms with Crippen LogP contribution in [0.2, 0.25) is 0 Å². The van der Waals surface area contributed by atoms with Gasteiger partial charge in [-0.15, -0.1) is 0 Å². The number of nitrogens with two attached hydrogens (primary N) is 1. The van der Waals surface area contributed by atoms with Crippen LogP contribution < -0.4 is 5.73 Å². The summed E-state index contributed by atoms with van der Waals surface area (Å²) in [6.45, 7) is 7.28. The topological polar surface area (TPSA) is 66.6 Å². The average molecular weight is 228 g/mol. The molecular formula is C12H24N2O2. The van der Waals surface area contributed by atoms with Gasteiger partial charge in [-0.25, -0.2) is 0 Å². The smallest absolute Gasteiger partial charge is 0.239 e. The van der Waals surface area contributed by atoms with Crippen LogP contribution in [0.25, 0.3) is 0 Å². The van der Waals surface area contributed by atoms with E-state index in [1.165, 1.54) is 0 Å². The normalized spacial score (nSPS) is 28.2. The van der Waals surface area contributed by atoms with Crippen molar-refractivity contribution in [1.82, 2.24) is 4.90 Å². The van der Waals surface area contributed by atoms with Crippen LogP contribution in [-0.2, 0) is 4.79 Å². The number of amides is 1. The molecule has 0 unspecified atom stereocenters. The van der Waals surface area contributed by atoms with Crippen molar-refractivity contribution in [3.05, 3.63) is 0 Å². The van der Waals surface area contributed by atoms with E-state index < -0.39 is 6.04 Å². The van der Waals surface area contributed by atoms with Crippen molar-refractivity contribution in [2.75, 3.05) is 13.1 Å². The Morgan fingerprint density at radius 1 is 1.50 bits per heavy atom. The van der Waals surface area contributed by atoms with Crippen LogP contribution in [0.4, 0.5) is 0 Å². The summed E-state index contributed by atoms with van der Waals surface area (Å²) in [6, 6.07) is -0.435. The van der Waals surface area contributed by atoms with Gasteiger partial charge in [-0.1, -0.05) is 13.8 Å². The molecule has 1 aliphatic heterocycles. The van der Waals surface area contributed by atoms with Crippen LogP contribution in [0.15, 0.2) is 0 Å². The number of piperidine rings is 1. The Balaban J connectivity index is 2.56. The molecule has 0 spiro atoms. The maximum atomic E-state index is 11.8. The Hall–Kier alpha value is -0.610. The number of aliphatic hydroxyl groups excluding tert-OH is 1. The minimum absolute atomic E-state index is 0.000608. The molecule has 4 heteroatoms. The van der Waals surface area contributed by atoms with Gasteiger partial charge in [0.25, 0.3) is 0 Å². The molecule has 0 aromatic rings. The van der Waals surface area contributed by atoms with Crippen LogP contribution in [0.1, 0.15) is 33.6 Å². The second kappa shape index (κ2) is 5.64. The molecule has 0 radical (unpaired) electrons. The molecule has 3 N–H and O–H groups in total. The van der Waals surface area contributed by atoms with Crippen molar-refractivity contribution in [3.63, 3.8) is 0 Å². The number of hydrogen-bond acceptors (Lipinski definition) is 3. The van der Waals surface area contributed by atoms with Crippen molar-refractivity contribution < 1.29 is 9.90 Å². The molecule has 3 atom stereocenters. The lowest BCUT2D eigenvalue weighted by molar-refractivity contribution is -0.136. The molecule has 0 aromatic heterocycles. The zero-order valence-corrected chi connectivity index (χ0v) is 10.5. The summed E-state index contributed by atoms with van der Waals surface area (Å²) in [5.74, 6) is 0.752. The summed E-state index contributed by atoms with van der Waals surface area (Å²) in [5, 5.41) is 9.89. The summed E-state index contributed by atoms with van der Waals surface area (Å²) in [7, 11) is 0. The van der Waals surface area contributed by atoms with E-state index in [0.717, 1.165) is 6.42 Å². The van der Waals surface area contributed by atoms with E-state index in [1.54, 1.807) is 11.8 Å². The predicted molar refractivity (Wildman–Crippen MR) is 63.8 cm³/mol. The van der Waals surface area contributed by atoms with Crippen LogP contribution in [0, 0.1) is 11.8 Å². The van der Waals surface area contributed by atoms with Gasteiger partial charge in [0.2, 0.25) is 5.91 Å². The maximum Gasteiger partial charge on any atom is 0.239 e. The summed E-state index contributed by atoms with van der Waals surface area (Å²) < 4.78 is 0. The zero-order valence-electron chi connectivity index (χ0n) is 10.5. The van der Waals surface area contributed by atoms with Crippen molar-refractivity contribution in [2.45, 2.75) is 45.8 Å². The molecule has 1 rings (SSSR count). The zero-order chi connectivity index (χ0) is 12.3. The first-order valence-electron chi connectivity index (χ1n) is 6.14. The number of nitrogens with zero attached hydrogens (tertiary/aromatic N) is 1. The van der Waals surface area contributed by atoms with Gasteiger partial charge in [-0.3, -0.25) is 4.79 Å². The molecule has 0 saturated carbocycles. The van der Waals surface area contributed by atoms with Gasteiger partial charge < -0.3 is 15.7 Å². The summed E-state index contributed by atoms with van der Waals surface area (Å²) in [4.78, 5) is 13.6.